The number of epoxide rings is 2. The van der Waals surface area contributed by atoms with Crippen LogP contribution in [-0.2, 0) is 60.1 Å². The number of hydrogen-bond donors (Lipinski definition) is 0. The summed E-state index contributed by atoms with van der Waals surface area (Å²) in [6, 6.07) is 2.03. The van der Waals surface area contributed by atoms with Gasteiger partial charge in [-0.2, -0.15) is 0 Å². The minimum atomic E-state index is -2.74. The van der Waals surface area contributed by atoms with Gasteiger partial charge in [0.2, 0.25) is 0 Å². The van der Waals surface area contributed by atoms with Gasteiger partial charge in [0.1, 0.15) is 12.2 Å². The molecule has 0 bridgehead atoms. The fraction of sp³-hybridized carbons (Fsp3) is 1.00. The average molecular weight is 1030 g/mol. The minimum absolute atomic E-state index is 0.297. The van der Waals surface area contributed by atoms with Crippen molar-refractivity contribution in [1.82, 2.24) is 0 Å². The number of hydrogen-bond acceptors (Lipinski definition) is 14. The Labute approximate surface area is 372 Å². The molecule has 0 radical (unpaired) electrons. The van der Waals surface area contributed by atoms with Crippen molar-refractivity contribution < 1.29 is 60.1 Å². The fourth-order valence-corrected chi connectivity index (χ4v) is 64.5. The third-order valence-corrected chi connectivity index (χ3v) is 51.5. The van der Waals surface area contributed by atoms with Gasteiger partial charge in [0, 0.05) is 13.2 Å². The van der Waals surface area contributed by atoms with Crippen LogP contribution < -0.4 is 0 Å². The summed E-state index contributed by atoms with van der Waals surface area (Å²) >= 11 is 0. The Bertz CT molecular complexity index is 1200. The van der Waals surface area contributed by atoms with Crippen LogP contribution in [0.15, 0.2) is 0 Å². The van der Waals surface area contributed by atoms with E-state index in [1.54, 1.807) is 0 Å². The molecule has 2 saturated heterocycles. The summed E-state index contributed by atoms with van der Waals surface area (Å²) < 4.78 is 90.3. The Hall–Kier alpha value is 1.83. The SMILES string of the molecule is C[Si](C)(CCCOCC1CO1)O[Si](C)(C)O[Si](C)(C)O[Si](C)(C)O[Si](C)(C)O[Si](C)(C)O[Si](C)(C)O[Si](C)(C)O[Si](C)(C)O[Si](C)(C)O[Si](C)(C)CCCOCC1CO1. The first kappa shape index (κ1) is 57.0. The zero-order chi connectivity index (χ0) is 45.6. The molecule has 2 aliphatic rings. The van der Waals surface area contributed by atoms with Crippen LogP contribution in [0, 0.1) is 0 Å². The maximum absolute atomic E-state index is 6.86. The van der Waals surface area contributed by atoms with Gasteiger partial charge in [0.15, 0.2) is 16.6 Å². The fourth-order valence-electron chi connectivity index (χ4n) is 8.31. The van der Waals surface area contributed by atoms with Crippen molar-refractivity contribution in [2.45, 2.75) is 181 Å². The lowest BCUT2D eigenvalue weighted by Gasteiger charge is -2.45. The first-order chi connectivity index (χ1) is 26.2. The monoisotopic (exact) mass is 1030 g/mol. The van der Waals surface area contributed by atoms with Crippen molar-refractivity contribution in [3.05, 3.63) is 0 Å². The highest BCUT2D eigenvalue weighted by Gasteiger charge is 2.51. The molecule has 25 heteroatoms. The van der Waals surface area contributed by atoms with E-state index in [4.69, 9.17) is 60.1 Å². The van der Waals surface area contributed by atoms with Crippen LogP contribution in [0.1, 0.15) is 12.8 Å². The Kier molecular flexibility index (Phi) is 20.9. The van der Waals surface area contributed by atoms with Crippen LogP contribution in [0.25, 0.3) is 0 Å². The van der Waals surface area contributed by atoms with Gasteiger partial charge >= 0.3 is 77.0 Å². The number of ether oxygens (including phenoxy) is 4. The third kappa shape index (κ3) is 27.2. The van der Waals surface area contributed by atoms with Crippen LogP contribution >= 0.6 is 0 Å². The summed E-state index contributed by atoms with van der Waals surface area (Å²) in [5.74, 6) is 0. The first-order valence-electron chi connectivity index (χ1n) is 21.6. The number of rotatable bonds is 32. The lowest BCUT2D eigenvalue weighted by molar-refractivity contribution is 0.116. The van der Waals surface area contributed by atoms with Crippen LogP contribution in [0.2, 0.25) is 156 Å². The third-order valence-electron chi connectivity index (χ3n) is 8.52. The van der Waals surface area contributed by atoms with Crippen molar-refractivity contribution in [2.24, 2.45) is 0 Å². The molecule has 2 fully saturated rings. The van der Waals surface area contributed by atoms with E-state index in [1.165, 1.54) is 0 Å². The zero-order valence-corrected chi connectivity index (χ0v) is 52.4. The van der Waals surface area contributed by atoms with Crippen LogP contribution in [0.3, 0.4) is 0 Å². The van der Waals surface area contributed by atoms with Gasteiger partial charge in [-0.1, -0.05) is 0 Å². The summed E-state index contributed by atoms with van der Waals surface area (Å²) in [7, 11) is -27.8. The molecule has 2 aliphatic heterocycles. The predicted molar refractivity (Wildman–Crippen MR) is 263 cm³/mol. The van der Waals surface area contributed by atoms with Gasteiger partial charge < -0.3 is 60.1 Å². The summed E-state index contributed by atoms with van der Waals surface area (Å²) in [6.45, 7) is 51.3. The molecule has 2 heterocycles. The van der Waals surface area contributed by atoms with Gasteiger partial charge in [-0.3, -0.25) is 0 Å². The van der Waals surface area contributed by atoms with Gasteiger partial charge in [0.05, 0.1) is 26.4 Å². The van der Waals surface area contributed by atoms with E-state index < -0.39 is 93.7 Å². The Balaban J connectivity index is 1.91. The average Bonchev–Trinajstić information content (AvgIpc) is 3.81. The van der Waals surface area contributed by atoms with Gasteiger partial charge in [-0.05, 0) is 169 Å². The Morgan fingerprint density at radius 2 is 0.508 bits per heavy atom. The minimum Gasteiger partial charge on any atom is -0.436 e. The molecular formula is C34H88O14Si11. The molecule has 2 atom stereocenters. The topological polar surface area (TPSA) is 136 Å². The summed E-state index contributed by atoms with van der Waals surface area (Å²) in [6.07, 6.45) is 2.54. The normalized spacial score (nSPS) is 19.4. The second-order valence-electron chi connectivity index (χ2n) is 21.4. The molecule has 0 spiro atoms. The molecule has 59 heavy (non-hydrogen) atoms. The first-order valence-corrected chi connectivity index (χ1v) is 53.2. The van der Waals surface area contributed by atoms with Crippen LogP contribution in [-0.4, -0.2) is 146 Å². The molecule has 0 aromatic carbocycles. The summed E-state index contributed by atoms with van der Waals surface area (Å²) in [5.41, 5.74) is 0. The van der Waals surface area contributed by atoms with Crippen molar-refractivity contribution in [2.75, 3.05) is 39.6 Å². The van der Waals surface area contributed by atoms with E-state index in [9.17, 15) is 0 Å². The molecule has 0 aromatic heterocycles. The lowest BCUT2D eigenvalue weighted by Crippen LogP contribution is -2.62. The standard InChI is InChI=1S/C34H88O14Si11/c1-49(2,27-23-25-35-29-33-31-37-33)39-51(5,6)41-53(9,10)43-55(13,14)45-57(17,18)47-59(21,22)48-58(19,20)46-56(15,16)44-54(11,12)42-52(7,8)40-50(3,4)28-24-26-36-30-34-32-38-34/h33-34H,23-32H2,1-22H3. The summed E-state index contributed by atoms with van der Waals surface area (Å²) in [5, 5.41) is 0. The molecule has 14 nitrogen and oxygen atoms in total. The second kappa shape index (κ2) is 21.6. The van der Waals surface area contributed by atoms with Gasteiger partial charge in [0.25, 0.3) is 0 Å². The van der Waals surface area contributed by atoms with E-state index in [0.29, 0.717) is 25.4 Å². The summed E-state index contributed by atoms with van der Waals surface area (Å²) in [4.78, 5) is 0. The Morgan fingerprint density at radius 1 is 0.322 bits per heavy atom. The van der Waals surface area contributed by atoms with Crippen molar-refractivity contribution in [1.29, 1.82) is 0 Å². The molecule has 2 rings (SSSR count). The second-order valence-corrected chi connectivity index (χ2v) is 62.8. The van der Waals surface area contributed by atoms with Crippen molar-refractivity contribution >= 4 is 93.7 Å². The van der Waals surface area contributed by atoms with E-state index in [0.717, 1.165) is 51.4 Å². The highest BCUT2D eigenvalue weighted by Crippen LogP contribution is 2.32. The molecular weight excluding hydrogens is 941 g/mol. The van der Waals surface area contributed by atoms with Crippen molar-refractivity contribution in [3.8, 4) is 0 Å². The molecule has 0 N–H and O–H groups in total. The van der Waals surface area contributed by atoms with E-state index in [2.05, 4.69) is 144 Å². The van der Waals surface area contributed by atoms with E-state index in [1.807, 2.05) is 0 Å². The highest BCUT2D eigenvalue weighted by molar-refractivity contribution is 6.93. The predicted octanol–water partition coefficient (Wildman–Crippen LogP) is 9.49. The zero-order valence-electron chi connectivity index (χ0n) is 41.4. The van der Waals surface area contributed by atoms with E-state index >= 15 is 0 Å². The lowest BCUT2D eigenvalue weighted by atomic mass is 10.5. The van der Waals surface area contributed by atoms with Crippen LogP contribution in [0.5, 0.6) is 0 Å². The largest absolute Gasteiger partial charge is 0.436 e. The molecule has 352 valence electrons. The molecule has 0 aliphatic carbocycles. The molecule has 0 saturated carbocycles. The maximum atomic E-state index is 6.86. The van der Waals surface area contributed by atoms with Crippen molar-refractivity contribution in [3.63, 3.8) is 0 Å². The maximum Gasteiger partial charge on any atom is 0.314 e. The van der Waals surface area contributed by atoms with E-state index in [-0.39, 0.29) is 0 Å². The highest BCUT2D eigenvalue weighted by atomic mass is 28.5. The van der Waals surface area contributed by atoms with Gasteiger partial charge in [-0.25, -0.2) is 0 Å². The molecule has 0 aromatic rings. The quantitative estimate of drug-likeness (QED) is 0.0360. The van der Waals surface area contributed by atoms with Crippen LogP contribution in [0.4, 0.5) is 0 Å². The van der Waals surface area contributed by atoms with Gasteiger partial charge in [-0.15, -0.1) is 0 Å². The molecule has 2 unspecified atom stereocenters. The smallest absolute Gasteiger partial charge is 0.314 e. The molecule has 0 amide bonds. The Morgan fingerprint density at radius 3 is 0.695 bits per heavy atom.